The van der Waals surface area contributed by atoms with Crippen LogP contribution < -0.4 is 0 Å². The Balaban J connectivity index is 1.66. The first kappa shape index (κ1) is 15.2. The van der Waals surface area contributed by atoms with Gasteiger partial charge in [-0.05, 0) is 19.4 Å². The number of fused-ring (bicyclic) bond motifs is 1. The largest absolute Gasteiger partial charge is 0.466 e. The van der Waals surface area contributed by atoms with Crippen molar-refractivity contribution in [2.24, 2.45) is 11.8 Å². The average Bonchev–Trinajstić information content (AvgIpc) is 3.10. The number of rotatable bonds is 6. The van der Waals surface area contributed by atoms with E-state index in [0.717, 1.165) is 5.56 Å². The first-order valence-corrected chi connectivity index (χ1v) is 7.61. The highest BCUT2D eigenvalue weighted by Gasteiger charge is 2.68. The first-order chi connectivity index (χ1) is 10.6. The van der Waals surface area contributed by atoms with Crippen LogP contribution in [0.15, 0.2) is 30.3 Å². The van der Waals surface area contributed by atoms with E-state index >= 15 is 0 Å². The Labute approximate surface area is 129 Å². The van der Waals surface area contributed by atoms with Gasteiger partial charge < -0.3 is 14.2 Å². The molecule has 0 aromatic heterocycles. The Morgan fingerprint density at radius 3 is 2.59 bits per heavy atom. The number of ether oxygens (including phenoxy) is 3. The van der Waals surface area contributed by atoms with Crippen LogP contribution in [0.2, 0.25) is 0 Å². The number of hydrogen-bond donors (Lipinski definition) is 0. The summed E-state index contributed by atoms with van der Waals surface area (Å²) in [6, 6.07) is 9.74. The van der Waals surface area contributed by atoms with E-state index in [1.165, 1.54) is 6.92 Å². The van der Waals surface area contributed by atoms with Crippen molar-refractivity contribution in [3.63, 3.8) is 0 Å². The highest BCUT2D eigenvalue weighted by atomic mass is 16.6. The van der Waals surface area contributed by atoms with Crippen LogP contribution in [0, 0.1) is 11.8 Å². The van der Waals surface area contributed by atoms with Crippen molar-refractivity contribution in [1.82, 2.24) is 0 Å². The SMILES string of the molecule is CCOC(=O)[C@@H]1[C@H]2O[C@H](C(C)=O)[C@H](OCc3ccccc3)[C@H]21. The maximum absolute atomic E-state index is 11.9. The molecule has 0 N–H and O–H groups in total. The molecule has 3 rings (SSSR count). The molecule has 5 atom stereocenters. The monoisotopic (exact) mass is 304 g/mol. The zero-order chi connectivity index (χ0) is 15.7. The molecule has 118 valence electrons. The Kier molecular flexibility index (Phi) is 4.27. The highest BCUT2D eigenvalue weighted by Crippen LogP contribution is 2.53. The molecule has 1 aromatic rings. The van der Waals surface area contributed by atoms with Crippen LogP contribution in [0.3, 0.4) is 0 Å². The van der Waals surface area contributed by atoms with E-state index in [4.69, 9.17) is 14.2 Å². The Hall–Kier alpha value is -1.72. The summed E-state index contributed by atoms with van der Waals surface area (Å²) in [5.41, 5.74) is 1.03. The normalized spacial score (nSPS) is 32.4. The van der Waals surface area contributed by atoms with Crippen molar-refractivity contribution >= 4 is 11.8 Å². The Morgan fingerprint density at radius 1 is 1.23 bits per heavy atom. The van der Waals surface area contributed by atoms with Gasteiger partial charge in [-0.2, -0.15) is 0 Å². The van der Waals surface area contributed by atoms with Crippen molar-refractivity contribution in [3.05, 3.63) is 35.9 Å². The maximum atomic E-state index is 11.9. The molecule has 22 heavy (non-hydrogen) atoms. The van der Waals surface area contributed by atoms with E-state index in [9.17, 15) is 9.59 Å². The van der Waals surface area contributed by atoms with Gasteiger partial charge >= 0.3 is 5.97 Å². The van der Waals surface area contributed by atoms with Gasteiger partial charge in [0.05, 0.1) is 31.3 Å². The first-order valence-electron chi connectivity index (χ1n) is 7.61. The van der Waals surface area contributed by atoms with Crippen LogP contribution in [0.25, 0.3) is 0 Å². The lowest BCUT2D eigenvalue weighted by Gasteiger charge is -2.21. The Bertz CT molecular complexity index is 555. The summed E-state index contributed by atoms with van der Waals surface area (Å²) in [4.78, 5) is 23.6. The lowest BCUT2D eigenvalue weighted by molar-refractivity contribution is -0.152. The third-order valence-electron chi connectivity index (χ3n) is 4.23. The molecule has 5 nitrogen and oxygen atoms in total. The number of ketones is 1. The van der Waals surface area contributed by atoms with Crippen LogP contribution in [0.5, 0.6) is 0 Å². The van der Waals surface area contributed by atoms with Crippen LogP contribution in [0.1, 0.15) is 19.4 Å². The van der Waals surface area contributed by atoms with Crippen LogP contribution in [-0.4, -0.2) is 36.7 Å². The number of benzene rings is 1. The smallest absolute Gasteiger partial charge is 0.312 e. The zero-order valence-electron chi connectivity index (χ0n) is 12.7. The fourth-order valence-corrected chi connectivity index (χ4v) is 3.14. The molecule has 0 radical (unpaired) electrons. The van der Waals surface area contributed by atoms with Crippen LogP contribution >= 0.6 is 0 Å². The summed E-state index contributed by atoms with van der Waals surface area (Å²) in [7, 11) is 0. The predicted molar refractivity (Wildman–Crippen MR) is 78.0 cm³/mol. The van der Waals surface area contributed by atoms with Crippen molar-refractivity contribution in [3.8, 4) is 0 Å². The van der Waals surface area contributed by atoms with Gasteiger partial charge in [-0.15, -0.1) is 0 Å². The second-order valence-electron chi connectivity index (χ2n) is 5.75. The van der Waals surface area contributed by atoms with E-state index in [0.29, 0.717) is 13.2 Å². The van der Waals surface area contributed by atoms with Gasteiger partial charge in [0, 0.05) is 5.92 Å². The molecule has 1 saturated heterocycles. The van der Waals surface area contributed by atoms with Gasteiger partial charge in [0.1, 0.15) is 6.10 Å². The van der Waals surface area contributed by atoms with Crippen molar-refractivity contribution in [2.75, 3.05) is 6.61 Å². The molecule has 1 aliphatic heterocycles. The lowest BCUT2D eigenvalue weighted by atomic mass is 10.1. The summed E-state index contributed by atoms with van der Waals surface area (Å²) in [5, 5.41) is 0. The van der Waals surface area contributed by atoms with Gasteiger partial charge in [0.2, 0.25) is 0 Å². The number of carbonyl (C=O) groups is 2. The highest BCUT2D eigenvalue weighted by molar-refractivity contribution is 5.84. The third-order valence-corrected chi connectivity index (χ3v) is 4.23. The second kappa shape index (κ2) is 6.18. The maximum Gasteiger partial charge on any atom is 0.312 e. The number of esters is 1. The summed E-state index contributed by atoms with van der Waals surface area (Å²) in [6.07, 6.45) is -1.20. The van der Waals surface area contributed by atoms with Crippen LogP contribution in [-0.2, 0) is 30.4 Å². The molecule has 0 bridgehead atoms. The minimum Gasteiger partial charge on any atom is -0.466 e. The van der Waals surface area contributed by atoms with E-state index < -0.39 is 6.10 Å². The molecular formula is C17H20O5. The van der Waals surface area contributed by atoms with Gasteiger partial charge in [-0.1, -0.05) is 30.3 Å². The van der Waals surface area contributed by atoms with Gasteiger partial charge in [-0.3, -0.25) is 9.59 Å². The quantitative estimate of drug-likeness (QED) is 0.749. The molecule has 5 heteroatoms. The molecule has 0 unspecified atom stereocenters. The minimum atomic E-state index is -0.579. The zero-order valence-corrected chi connectivity index (χ0v) is 12.7. The lowest BCUT2D eigenvalue weighted by Crippen LogP contribution is -2.36. The number of hydrogen-bond acceptors (Lipinski definition) is 5. The summed E-state index contributed by atoms with van der Waals surface area (Å²) >= 11 is 0. The summed E-state index contributed by atoms with van der Waals surface area (Å²) in [5.74, 6) is -0.686. The van der Waals surface area contributed by atoms with Crippen molar-refractivity contribution in [2.45, 2.75) is 38.8 Å². The molecule has 2 aliphatic rings. The molecule has 0 amide bonds. The van der Waals surface area contributed by atoms with Gasteiger partial charge in [0.25, 0.3) is 0 Å². The van der Waals surface area contributed by atoms with Gasteiger partial charge in [0.15, 0.2) is 5.78 Å². The number of Topliss-reactive ketones (excluding diaryl/α,β-unsaturated/α-hetero) is 1. The van der Waals surface area contributed by atoms with E-state index in [-0.39, 0.29) is 35.8 Å². The number of carbonyl (C=O) groups excluding carboxylic acids is 2. The van der Waals surface area contributed by atoms with Crippen molar-refractivity contribution < 1.29 is 23.8 Å². The molecule has 2 fully saturated rings. The molecule has 1 aliphatic carbocycles. The molecule has 1 aromatic carbocycles. The van der Waals surface area contributed by atoms with Crippen LogP contribution in [0.4, 0.5) is 0 Å². The average molecular weight is 304 g/mol. The molecule has 0 spiro atoms. The van der Waals surface area contributed by atoms with Gasteiger partial charge in [-0.25, -0.2) is 0 Å². The summed E-state index contributed by atoms with van der Waals surface area (Å²) < 4.78 is 16.7. The fourth-order valence-electron chi connectivity index (χ4n) is 3.14. The summed E-state index contributed by atoms with van der Waals surface area (Å²) in [6.45, 7) is 4.02. The standard InChI is InChI=1S/C17H20O5/c1-3-20-17(19)13-12-15(13)22-14(10(2)18)16(12)21-9-11-7-5-4-6-8-11/h4-8,12-16H,3,9H2,1-2H3/t12-,13-,14+,15-,16+/m0/s1. The fraction of sp³-hybridized carbons (Fsp3) is 0.529. The minimum absolute atomic E-state index is 0.0622. The molecule has 1 heterocycles. The Morgan fingerprint density at radius 2 is 1.95 bits per heavy atom. The van der Waals surface area contributed by atoms with E-state index in [1.54, 1.807) is 6.92 Å². The van der Waals surface area contributed by atoms with E-state index in [1.807, 2.05) is 30.3 Å². The second-order valence-corrected chi connectivity index (χ2v) is 5.75. The molecular weight excluding hydrogens is 284 g/mol. The topological polar surface area (TPSA) is 61.8 Å². The molecule has 1 saturated carbocycles. The van der Waals surface area contributed by atoms with E-state index in [2.05, 4.69) is 0 Å². The van der Waals surface area contributed by atoms with Crippen molar-refractivity contribution in [1.29, 1.82) is 0 Å². The predicted octanol–water partition coefficient (Wildman–Crippen LogP) is 1.74. The third kappa shape index (κ3) is 2.78.